The Morgan fingerprint density at radius 2 is 1.87 bits per heavy atom. The molecule has 1 heterocycles. The summed E-state index contributed by atoms with van der Waals surface area (Å²) in [4.78, 5) is 12.3. The van der Waals surface area contributed by atoms with Crippen LogP contribution in [0, 0.1) is 13.8 Å². The second kappa shape index (κ2) is 6.89. The molecule has 3 rings (SSSR count). The maximum atomic E-state index is 12.3. The lowest BCUT2D eigenvalue weighted by atomic mass is 9.95. The number of nitrogens with zero attached hydrogens (tertiary/aromatic N) is 4. The summed E-state index contributed by atoms with van der Waals surface area (Å²) in [6, 6.07) is 6.21. The van der Waals surface area contributed by atoms with Gasteiger partial charge < -0.3 is 5.32 Å². The van der Waals surface area contributed by atoms with Gasteiger partial charge in [0.15, 0.2) is 5.82 Å². The van der Waals surface area contributed by atoms with Crippen LogP contribution in [0.15, 0.2) is 18.2 Å². The quantitative estimate of drug-likeness (QED) is 0.942. The molecule has 0 saturated heterocycles. The Labute approximate surface area is 136 Å². The van der Waals surface area contributed by atoms with E-state index in [1.54, 1.807) is 0 Å². The maximum Gasteiger partial charge on any atom is 0.251 e. The number of tetrazole rings is 1. The van der Waals surface area contributed by atoms with Crippen LogP contribution in [0.25, 0.3) is 0 Å². The normalized spacial score (nSPS) is 15.6. The Kier molecular flexibility index (Phi) is 4.69. The number of hydrogen-bond acceptors (Lipinski definition) is 4. The van der Waals surface area contributed by atoms with Crippen LogP contribution in [-0.2, 0) is 6.54 Å². The van der Waals surface area contributed by atoms with Gasteiger partial charge in [-0.3, -0.25) is 4.79 Å². The predicted octanol–water partition coefficient (Wildman–Crippen LogP) is 2.73. The number of nitrogens with one attached hydrogen (secondary N) is 1. The average molecular weight is 313 g/mol. The molecule has 1 N–H and O–H groups in total. The molecule has 1 fully saturated rings. The molecule has 0 atom stereocenters. The summed E-state index contributed by atoms with van der Waals surface area (Å²) in [7, 11) is 0. The minimum Gasteiger partial charge on any atom is -0.345 e. The third-order valence-corrected chi connectivity index (χ3v) is 4.37. The molecule has 1 amide bonds. The zero-order chi connectivity index (χ0) is 16.2. The van der Waals surface area contributed by atoms with Crippen molar-refractivity contribution in [1.82, 2.24) is 25.5 Å². The molecule has 2 aromatic rings. The topological polar surface area (TPSA) is 72.7 Å². The van der Waals surface area contributed by atoms with Crippen molar-refractivity contribution >= 4 is 5.91 Å². The second-order valence-corrected chi connectivity index (χ2v) is 6.39. The molecule has 0 aliphatic heterocycles. The van der Waals surface area contributed by atoms with E-state index in [0.29, 0.717) is 18.2 Å². The van der Waals surface area contributed by atoms with Crippen LogP contribution in [0.3, 0.4) is 0 Å². The molecule has 6 nitrogen and oxygen atoms in total. The fourth-order valence-corrected chi connectivity index (χ4v) is 3.31. The van der Waals surface area contributed by atoms with Crippen LogP contribution in [-0.4, -0.2) is 26.1 Å². The molecule has 1 aromatic carbocycles. The summed E-state index contributed by atoms with van der Waals surface area (Å²) in [5, 5.41) is 14.9. The highest BCUT2D eigenvalue weighted by molar-refractivity contribution is 5.94. The first kappa shape index (κ1) is 15.6. The van der Waals surface area contributed by atoms with Gasteiger partial charge in [0.25, 0.3) is 5.91 Å². The van der Waals surface area contributed by atoms with E-state index in [4.69, 9.17) is 0 Å². The summed E-state index contributed by atoms with van der Waals surface area (Å²) in [6.07, 6.45) is 5.96. The lowest BCUT2D eigenvalue weighted by molar-refractivity contribution is 0.0948. The molecule has 1 aliphatic rings. The third kappa shape index (κ3) is 3.75. The van der Waals surface area contributed by atoms with Crippen molar-refractivity contribution in [1.29, 1.82) is 0 Å². The monoisotopic (exact) mass is 313 g/mol. The summed E-state index contributed by atoms with van der Waals surface area (Å²) < 4.78 is 1.89. The zero-order valence-electron chi connectivity index (χ0n) is 13.7. The highest BCUT2D eigenvalue weighted by atomic mass is 16.1. The summed E-state index contributed by atoms with van der Waals surface area (Å²) in [5.41, 5.74) is 2.85. The minimum absolute atomic E-state index is 0.0880. The molecule has 1 saturated carbocycles. The number of aromatic nitrogens is 4. The molecule has 0 spiro atoms. The van der Waals surface area contributed by atoms with Gasteiger partial charge in [-0.2, -0.15) is 0 Å². The van der Waals surface area contributed by atoms with Gasteiger partial charge in [-0.05, 0) is 49.2 Å². The minimum atomic E-state index is -0.0880. The lowest BCUT2D eigenvalue weighted by Crippen LogP contribution is -2.26. The van der Waals surface area contributed by atoms with E-state index in [9.17, 15) is 4.79 Å². The lowest BCUT2D eigenvalue weighted by Gasteiger charge is -2.22. The first-order chi connectivity index (χ1) is 11.1. The van der Waals surface area contributed by atoms with Crippen LogP contribution in [0.1, 0.15) is 65.5 Å². The fraction of sp³-hybridized carbons (Fsp3) is 0.529. The number of carbonyl (C=O) groups excluding carboxylic acids is 1. The first-order valence-electron chi connectivity index (χ1n) is 8.27. The van der Waals surface area contributed by atoms with Gasteiger partial charge in [0.2, 0.25) is 0 Å². The molecular weight excluding hydrogens is 290 g/mol. The van der Waals surface area contributed by atoms with Crippen molar-refractivity contribution in [2.24, 2.45) is 0 Å². The van der Waals surface area contributed by atoms with Gasteiger partial charge in [-0.15, -0.1) is 5.10 Å². The zero-order valence-corrected chi connectivity index (χ0v) is 13.7. The molecule has 6 heteroatoms. The number of rotatable bonds is 4. The van der Waals surface area contributed by atoms with Gasteiger partial charge in [-0.1, -0.05) is 36.5 Å². The van der Waals surface area contributed by atoms with Gasteiger partial charge in [0.05, 0.1) is 12.6 Å². The largest absolute Gasteiger partial charge is 0.345 e. The Hall–Kier alpha value is -2.24. The van der Waals surface area contributed by atoms with Crippen molar-refractivity contribution in [2.45, 2.75) is 58.5 Å². The average Bonchev–Trinajstić information content (AvgIpc) is 3.01. The molecule has 0 radical (unpaired) electrons. The van der Waals surface area contributed by atoms with E-state index in [-0.39, 0.29) is 5.91 Å². The number of benzene rings is 1. The molecule has 23 heavy (non-hydrogen) atoms. The van der Waals surface area contributed by atoms with E-state index in [1.807, 2.05) is 30.7 Å². The number of aryl methyl sites for hydroxylation is 2. The highest BCUT2D eigenvalue weighted by Crippen LogP contribution is 2.27. The van der Waals surface area contributed by atoms with Gasteiger partial charge >= 0.3 is 0 Å². The van der Waals surface area contributed by atoms with Crippen molar-refractivity contribution in [3.05, 3.63) is 40.7 Å². The van der Waals surface area contributed by atoms with Gasteiger partial charge in [0, 0.05) is 5.56 Å². The molecular formula is C17H23N5O. The van der Waals surface area contributed by atoms with Crippen molar-refractivity contribution < 1.29 is 4.79 Å². The predicted molar refractivity (Wildman–Crippen MR) is 87.0 cm³/mol. The molecule has 0 unspecified atom stereocenters. The fourth-order valence-electron chi connectivity index (χ4n) is 3.31. The summed E-state index contributed by atoms with van der Waals surface area (Å²) in [5.74, 6) is 0.643. The molecule has 0 bridgehead atoms. The Bertz CT molecular complexity index is 668. The molecule has 1 aromatic heterocycles. The highest BCUT2D eigenvalue weighted by Gasteiger charge is 2.20. The SMILES string of the molecule is Cc1cc(C)cc(C(=O)NCc2nnnn2C2CCCCC2)c1. The van der Waals surface area contributed by atoms with Crippen LogP contribution in [0.4, 0.5) is 0 Å². The van der Waals surface area contributed by atoms with Crippen LogP contribution in [0.5, 0.6) is 0 Å². The number of amides is 1. The molecule has 122 valence electrons. The van der Waals surface area contributed by atoms with Crippen LogP contribution < -0.4 is 5.32 Å². The van der Waals surface area contributed by atoms with E-state index < -0.39 is 0 Å². The van der Waals surface area contributed by atoms with Crippen LogP contribution in [0.2, 0.25) is 0 Å². The summed E-state index contributed by atoms with van der Waals surface area (Å²) in [6.45, 7) is 4.34. The third-order valence-electron chi connectivity index (χ3n) is 4.37. The summed E-state index contributed by atoms with van der Waals surface area (Å²) >= 11 is 0. The van der Waals surface area contributed by atoms with E-state index in [1.165, 1.54) is 19.3 Å². The van der Waals surface area contributed by atoms with Crippen molar-refractivity contribution in [3.8, 4) is 0 Å². The van der Waals surface area contributed by atoms with Gasteiger partial charge in [0.1, 0.15) is 0 Å². The van der Waals surface area contributed by atoms with Crippen molar-refractivity contribution in [3.63, 3.8) is 0 Å². The Morgan fingerprint density at radius 1 is 1.17 bits per heavy atom. The van der Waals surface area contributed by atoms with E-state index >= 15 is 0 Å². The standard InChI is InChI=1S/C17H23N5O/c1-12-8-13(2)10-14(9-12)17(23)18-11-16-19-20-21-22(16)15-6-4-3-5-7-15/h8-10,15H,3-7,11H2,1-2H3,(H,18,23). The Balaban J connectivity index is 1.66. The van der Waals surface area contributed by atoms with E-state index in [0.717, 1.165) is 29.8 Å². The van der Waals surface area contributed by atoms with Crippen molar-refractivity contribution in [2.75, 3.05) is 0 Å². The molecule has 1 aliphatic carbocycles. The second-order valence-electron chi connectivity index (χ2n) is 6.39. The van der Waals surface area contributed by atoms with Crippen LogP contribution >= 0.6 is 0 Å². The number of carbonyl (C=O) groups is 1. The number of hydrogen-bond donors (Lipinski definition) is 1. The Morgan fingerprint density at radius 3 is 2.57 bits per heavy atom. The van der Waals surface area contributed by atoms with Gasteiger partial charge in [-0.25, -0.2) is 4.68 Å². The first-order valence-corrected chi connectivity index (χ1v) is 8.27. The smallest absolute Gasteiger partial charge is 0.251 e. The maximum absolute atomic E-state index is 12.3. The van der Waals surface area contributed by atoms with E-state index in [2.05, 4.69) is 26.9 Å².